The van der Waals surface area contributed by atoms with Crippen molar-refractivity contribution in [3.05, 3.63) is 72.8 Å². The van der Waals surface area contributed by atoms with E-state index in [9.17, 15) is 4.79 Å². The number of imidazole rings is 1. The fourth-order valence-corrected chi connectivity index (χ4v) is 6.80. The molecule has 1 fully saturated rings. The quantitative estimate of drug-likeness (QED) is 0.285. The highest BCUT2D eigenvalue weighted by Gasteiger charge is 2.31. The minimum atomic E-state index is -0.0161. The Labute approximate surface area is 196 Å². The number of aromatic nitrogens is 2. The summed E-state index contributed by atoms with van der Waals surface area (Å²) in [4.78, 5) is 22.8. The molecule has 3 aromatic carbocycles. The lowest BCUT2D eigenvalue weighted by Gasteiger charge is -2.31. The van der Waals surface area contributed by atoms with Crippen LogP contribution in [0.15, 0.2) is 87.7 Å². The predicted molar refractivity (Wildman–Crippen MR) is 132 cm³/mol. The average Bonchev–Trinajstić information content (AvgIpc) is 3.20. The number of carbonyl (C=O) groups is 1. The third-order valence-electron chi connectivity index (χ3n) is 6.30. The van der Waals surface area contributed by atoms with Crippen LogP contribution in [0.4, 0.5) is 16.2 Å². The van der Waals surface area contributed by atoms with E-state index in [-0.39, 0.29) is 5.24 Å². The number of para-hydroxylation sites is 4. The number of carbonyl (C=O) groups excluding carboxylic acids is 1. The Morgan fingerprint density at radius 3 is 2.19 bits per heavy atom. The fourth-order valence-electron chi connectivity index (χ4n) is 4.81. The molecule has 0 radical (unpaired) electrons. The molecule has 6 heteroatoms. The van der Waals surface area contributed by atoms with Gasteiger partial charge in [0, 0.05) is 27.6 Å². The normalized spacial score (nSPS) is 16.1. The number of hydrogen-bond acceptors (Lipinski definition) is 4. The van der Waals surface area contributed by atoms with E-state index >= 15 is 0 Å². The van der Waals surface area contributed by atoms with Crippen molar-refractivity contribution in [1.82, 2.24) is 9.55 Å². The summed E-state index contributed by atoms with van der Waals surface area (Å²) in [6, 6.07) is 24.9. The predicted octanol–water partition coefficient (Wildman–Crippen LogP) is 8.06. The van der Waals surface area contributed by atoms with Crippen LogP contribution in [0, 0.1) is 0 Å². The Hall–Kier alpha value is -2.70. The number of nitrogens with zero attached hydrogens (tertiary/aromatic N) is 3. The molecule has 32 heavy (non-hydrogen) atoms. The van der Waals surface area contributed by atoms with Gasteiger partial charge in [-0.15, -0.1) is 0 Å². The van der Waals surface area contributed by atoms with E-state index in [1.165, 1.54) is 31.0 Å². The van der Waals surface area contributed by atoms with Gasteiger partial charge in [-0.2, -0.15) is 0 Å². The summed E-state index contributed by atoms with van der Waals surface area (Å²) in [5.74, 6) is 0. The second kappa shape index (κ2) is 8.34. The molecule has 6 rings (SSSR count). The lowest BCUT2D eigenvalue weighted by Crippen LogP contribution is -2.25. The van der Waals surface area contributed by atoms with Crippen LogP contribution in [0.5, 0.6) is 0 Å². The molecule has 1 aliphatic carbocycles. The van der Waals surface area contributed by atoms with Crippen LogP contribution >= 0.6 is 23.5 Å². The van der Waals surface area contributed by atoms with Gasteiger partial charge >= 0.3 is 0 Å². The van der Waals surface area contributed by atoms with Crippen molar-refractivity contribution >= 4 is 51.2 Å². The molecule has 1 saturated carbocycles. The van der Waals surface area contributed by atoms with Crippen molar-refractivity contribution in [3.8, 4) is 0 Å². The maximum absolute atomic E-state index is 13.8. The van der Waals surface area contributed by atoms with Crippen molar-refractivity contribution in [2.45, 2.75) is 53.1 Å². The van der Waals surface area contributed by atoms with Gasteiger partial charge in [-0.3, -0.25) is 9.69 Å². The van der Waals surface area contributed by atoms with Crippen LogP contribution < -0.4 is 4.90 Å². The van der Waals surface area contributed by atoms with Gasteiger partial charge in [-0.1, -0.05) is 67.4 Å². The second-order valence-corrected chi connectivity index (χ2v) is 10.3. The Kier molecular flexibility index (Phi) is 5.20. The highest BCUT2D eigenvalue weighted by molar-refractivity contribution is 8.13. The van der Waals surface area contributed by atoms with Gasteiger partial charge in [-0.05, 0) is 49.2 Å². The van der Waals surface area contributed by atoms with Gasteiger partial charge in [0.2, 0.25) is 0 Å². The molecule has 0 saturated heterocycles. The molecule has 0 unspecified atom stereocenters. The number of fused-ring (bicyclic) bond motifs is 3. The summed E-state index contributed by atoms with van der Waals surface area (Å²) in [6.07, 6.45) is 6.06. The van der Waals surface area contributed by atoms with Gasteiger partial charge in [0.05, 0.1) is 22.4 Å². The van der Waals surface area contributed by atoms with Crippen molar-refractivity contribution in [3.63, 3.8) is 0 Å². The van der Waals surface area contributed by atoms with Crippen molar-refractivity contribution in [2.75, 3.05) is 4.90 Å². The molecule has 1 amide bonds. The van der Waals surface area contributed by atoms with E-state index in [2.05, 4.69) is 28.8 Å². The topological polar surface area (TPSA) is 38.1 Å². The van der Waals surface area contributed by atoms with E-state index in [0.29, 0.717) is 6.04 Å². The zero-order valence-electron chi connectivity index (χ0n) is 17.6. The van der Waals surface area contributed by atoms with Gasteiger partial charge in [-0.25, -0.2) is 4.98 Å². The average molecular weight is 458 g/mol. The first-order valence-corrected chi connectivity index (χ1v) is 12.8. The standard InChI is InChI=1S/C26H23N3OS2/c30-26(29-21-14-6-8-16-23(21)31-24-17-9-7-15-22(24)29)32-25-27-19-12-4-5-13-20(19)28(25)18-10-2-1-3-11-18/h4-9,12-18H,1-3,10-11H2. The van der Waals surface area contributed by atoms with Crippen molar-refractivity contribution < 1.29 is 4.79 Å². The van der Waals surface area contributed by atoms with Crippen molar-refractivity contribution in [2.24, 2.45) is 0 Å². The largest absolute Gasteiger partial charge is 0.315 e. The zero-order chi connectivity index (χ0) is 21.5. The minimum Gasteiger partial charge on any atom is -0.315 e. The number of anilines is 2. The monoisotopic (exact) mass is 457 g/mol. The smallest absolute Gasteiger partial charge is 0.298 e. The lowest BCUT2D eigenvalue weighted by atomic mass is 9.95. The molecular weight excluding hydrogens is 434 g/mol. The lowest BCUT2D eigenvalue weighted by molar-refractivity contribution is 0.266. The van der Waals surface area contributed by atoms with Crippen molar-refractivity contribution in [1.29, 1.82) is 0 Å². The third kappa shape index (κ3) is 3.42. The van der Waals surface area contributed by atoms with Crippen LogP contribution in [0.25, 0.3) is 11.0 Å². The third-order valence-corrected chi connectivity index (χ3v) is 8.25. The first-order valence-electron chi connectivity index (χ1n) is 11.1. The molecule has 0 atom stereocenters. The van der Waals surface area contributed by atoms with E-state index in [0.717, 1.165) is 50.2 Å². The summed E-state index contributed by atoms with van der Waals surface area (Å²) < 4.78 is 2.33. The molecule has 2 heterocycles. The first kappa shape index (κ1) is 19.9. The molecule has 1 aromatic heterocycles. The molecule has 2 aliphatic rings. The van der Waals surface area contributed by atoms with E-state index in [1.807, 2.05) is 53.4 Å². The SMILES string of the molecule is O=C(Sc1nc2ccccc2n1C1CCCCC1)N1c2ccccc2Sc2ccccc21. The summed E-state index contributed by atoms with van der Waals surface area (Å²) in [7, 11) is 0. The molecular formula is C26H23N3OS2. The van der Waals surface area contributed by atoms with Gasteiger partial charge < -0.3 is 4.57 Å². The summed E-state index contributed by atoms with van der Waals surface area (Å²) >= 11 is 2.97. The molecule has 0 N–H and O–H groups in total. The molecule has 4 aromatic rings. The number of rotatable bonds is 2. The molecule has 160 valence electrons. The molecule has 4 nitrogen and oxygen atoms in total. The van der Waals surface area contributed by atoms with E-state index in [4.69, 9.17) is 4.98 Å². The van der Waals surface area contributed by atoms with Crippen LogP contribution in [0.1, 0.15) is 38.1 Å². The summed E-state index contributed by atoms with van der Waals surface area (Å²) in [5.41, 5.74) is 3.97. The van der Waals surface area contributed by atoms with E-state index in [1.54, 1.807) is 11.8 Å². The second-order valence-electron chi connectivity index (χ2n) is 8.29. The fraction of sp³-hybridized carbons (Fsp3) is 0.231. The maximum atomic E-state index is 13.8. The first-order chi connectivity index (χ1) is 15.8. The number of amides is 1. The number of thioether (sulfide) groups is 1. The summed E-state index contributed by atoms with van der Waals surface area (Å²) in [6.45, 7) is 0. The highest BCUT2D eigenvalue weighted by Crippen LogP contribution is 2.49. The van der Waals surface area contributed by atoms with Gasteiger partial charge in [0.15, 0.2) is 5.16 Å². The Bertz CT molecular complexity index is 1260. The van der Waals surface area contributed by atoms with E-state index < -0.39 is 0 Å². The highest BCUT2D eigenvalue weighted by atomic mass is 32.2. The zero-order valence-corrected chi connectivity index (χ0v) is 19.2. The summed E-state index contributed by atoms with van der Waals surface area (Å²) in [5, 5.41) is 0.786. The molecule has 0 bridgehead atoms. The van der Waals surface area contributed by atoms with Crippen LogP contribution in [0.2, 0.25) is 0 Å². The maximum Gasteiger partial charge on any atom is 0.298 e. The van der Waals surface area contributed by atoms with Crippen LogP contribution in [-0.4, -0.2) is 14.8 Å². The van der Waals surface area contributed by atoms with Gasteiger partial charge in [0.25, 0.3) is 5.24 Å². The van der Waals surface area contributed by atoms with Crippen LogP contribution in [-0.2, 0) is 0 Å². The Morgan fingerprint density at radius 2 is 1.47 bits per heavy atom. The number of benzene rings is 3. The number of hydrogen-bond donors (Lipinski definition) is 0. The Balaban J connectivity index is 1.42. The van der Waals surface area contributed by atoms with Gasteiger partial charge in [0.1, 0.15) is 0 Å². The molecule has 1 aliphatic heterocycles. The minimum absolute atomic E-state index is 0.0161. The Morgan fingerprint density at radius 1 is 0.844 bits per heavy atom. The molecule has 0 spiro atoms. The van der Waals surface area contributed by atoms with Crippen LogP contribution in [0.3, 0.4) is 0 Å².